The molecular formula is C8H12ClN3O. The first-order valence-electron chi connectivity index (χ1n) is 3.92. The van der Waals surface area contributed by atoms with Gasteiger partial charge in [0.1, 0.15) is 5.15 Å². The quantitative estimate of drug-likeness (QED) is 0.747. The molecule has 0 atom stereocenters. The Morgan fingerprint density at radius 1 is 1.46 bits per heavy atom. The average Bonchev–Trinajstić information content (AvgIpc) is 2.02. The highest BCUT2D eigenvalue weighted by Gasteiger charge is 2.07. The Morgan fingerprint density at radius 3 is 2.69 bits per heavy atom. The van der Waals surface area contributed by atoms with Crippen LogP contribution in [-0.2, 0) is 11.2 Å². The van der Waals surface area contributed by atoms with Crippen molar-refractivity contribution >= 4 is 17.5 Å². The van der Waals surface area contributed by atoms with E-state index in [0.29, 0.717) is 18.2 Å². The molecule has 0 bridgehead atoms. The molecule has 0 aliphatic rings. The van der Waals surface area contributed by atoms with Crippen LogP contribution in [0.25, 0.3) is 0 Å². The predicted molar refractivity (Wildman–Crippen MR) is 51.8 cm³/mol. The van der Waals surface area contributed by atoms with Gasteiger partial charge in [0.2, 0.25) is 5.95 Å². The molecule has 1 heterocycles. The standard InChI is InChI=1S/C8H12ClN3O/c1-5-6(3-4-13-2)7(9)12-8(10)11-5/h3-4H2,1-2H3,(H2,10,11,12). The molecule has 13 heavy (non-hydrogen) atoms. The maximum absolute atomic E-state index is 5.88. The molecule has 2 N–H and O–H groups in total. The molecule has 0 fully saturated rings. The van der Waals surface area contributed by atoms with Crippen molar-refractivity contribution in [2.75, 3.05) is 19.5 Å². The summed E-state index contributed by atoms with van der Waals surface area (Å²) in [6.45, 7) is 2.46. The average molecular weight is 202 g/mol. The number of aromatic nitrogens is 2. The second-order valence-corrected chi connectivity index (χ2v) is 3.04. The number of aryl methyl sites for hydroxylation is 1. The van der Waals surface area contributed by atoms with Gasteiger partial charge in [0, 0.05) is 24.8 Å². The second kappa shape index (κ2) is 4.39. The van der Waals surface area contributed by atoms with Crippen LogP contribution < -0.4 is 5.73 Å². The minimum Gasteiger partial charge on any atom is -0.384 e. The van der Waals surface area contributed by atoms with E-state index in [-0.39, 0.29) is 5.95 Å². The lowest BCUT2D eigenvalue weighted by Crippen LogP contribution is -2.05. The molecule has 0 saturated heterocycles. The van der Waals surface area contributed by atoms with Gasteiger partial charge < -0.3 is 10.5 Å². The van der Waals surface area contributed by atoms with Crippen molar-refractivity contribution in [1.29, 1.82) is 0 Å². The van der Waals surface area contributed by atoms with E-state index in [1.54, 1.807) is 7.11 Å². The van der Waals surface area contributed by atoms with Gasteiger partial charge in [-0.3, -0.25) is 0 Å². The van der Waals surface area contributed by atoms with Gasteiger partial charge in [-0.25, -0.2) is 9.97 Å². The number of nitrogens with zero attached hydrogens (tertiary/aromatic N) is 2. The van der Waals surface area contributed by atoms with Crippen molar-refractivity contribution in [2.45, 2.75) is 13.3 Å². The number of hydrogen-bond acceptors (Lipinski definition) is 4. The Kier molecular flexibility index (Phi) is 3.45. The van der Waals surface area contributed by atoms with E-state index in [0.717, 1.165) is 11.3 Å². The fourth-order valence-electron chi connectivity index (χ4n) is 1.07. The van der Waals surface area contributed by atoms with Gasteiger partial charge in [0.25, 0.3) is 0 Å². The van der Waals surface area contributed by atoms with Crippen molar-refractivity contribution < 1.29 is 4.74 Å². The van der Waals surface area contributed by atoms with Gasteiger partial charge in [-0.2, -0.15) is 0 Å². The molecule has 0 aliphatic heterocycles. The minimum atomic E-state index is 0.212. The van der Waals surface area contributed by atoms with Crippen molar-refractivity contribution in [2.24, 2.45) is 0 Å². The third-order valence-corrected chi connectivity index (χ3v) is 2.05. The number of rotatable bonds is 3. The highest BCUT2D eigenvalue weighted by Crippen LogP contribution is 2.17. The SMILES string of the molecule is COCCc1c(C)nc(N)nc1Cl. The molecule has 72 valence electrons. The van der Waals surface area contributed by atoms with Gasteiger partial charge >= 0.3 is 0 Å². The molecule has 4 nitrogen and oxygen atoms in total. The zero-order chi connectivity index (χ0) is 9.84. The number of anilines is 1. The molecule has 1 aromatic heterocycles. The molecule has 1 aromatic rings. The Bertz CT molecular complexity index is 280. The first-order chi connectivity index (χ1) is 6.15. The number of ether oxygens (including phenoxy) is 1. The third-order valence-electron chi connectivity index (χ3n) is 1.74. The number of nitrogens with two attached hydrogens (primary N) is 1. The molecule has 0 spiro atoms. The molecule has 0 amide bonds. The molecule has 5 heteroatoms. The summed E-state index contributed by atoms with van der Waals surface area (Å²) < 4.78 is 4.94. The van der Waals surface area contributed by atoms with E-state index < -0.39 is 0 Å². The van der Waals surface area contributed by atoms with Crippen molar-refractivity contribution in [1.82, 2.24) is 9.97 Å². The summed E-state index contributed by atoms with van der Waals surface area (Å²) in [6, 6.07) is 0. The summed E-state index contributed by atoms with van der Waals surface area (Å²) in [4.78, 5) is 7.88. The lowest BCUT2D eigenvalue weighted by molar-refractivity contribution is 0.202. The Labute approximate surface area is 82.1 Å². The summed E-state index contributed by atoms with van der Waals surface area (Å²) in [5, 5.41) is 0.419. The van der Waals surface area contributed by atoms with Gasteiger partial charge in [0.05, 0.1) is 6.61 Å². The lowest BCUT2D eigenvalue weighted by Gasteiger charge is -2.06. The van der Waals surface area contributed by atoms with E-state index >= 15 is 0 Å². The van der Waals surface area contributed by atoms with Crippen LogP contribution in [0.15, 0.2) is 0 Å². The van der Waals surface area contributed by atoms with Crippen LogP contribution >= 0.6 is 11.6 Å². The molecule has 0 saturated carbocycles. The molecule has 0 aromatic carbocycles. The highest BCUT2D eigenvalue weighted by molar-refractivity contribution is 6.30. The number of methoxy groups -OCH3 is 1. The first kappa shape index (κ1) is 10.2. The van der Waals surface area contributed by atoms with E-state index in [1.165, 1.54) is 0 Å². The smallest absolute Gasteiger partial charge is 0.221 e. The van der Waals surface area contributed by atoms with Gasteiger partial charge in [-0.1, -0.05) is 11.6 Å². The minimum absolute atomic E-state index is 0.212. The molecule has 1 rings (SSSR count). The normalized spacial score (nSPS) is 10.4. The van der Waals surface area contributed by atoms with Gasteiger partial charge in [0.15, 0.2) is 0 Å². The largest absolute Gasteiger partial charge is 0.384 e. The molecule has 0 radical (unpaired) electrons. The van der Waals surface area contributed by atoms with Gasteiger partial charge in [-0.15, -0.1) is 0 Å². The van der Waals surface area contributed by atoms with Crippen LogP contribution in [0.4, 0.5) is 5.95 Å². The summed E-state index contributed by atoms with van der Waals surface area (Å²) >= 11 is 5.88. The van der Waals surface area contributed by atoms with E-state index in [9.17, 15) is 0 Å². The van der Waals surface area contributed by atoms with E-state index in [1.807, 2.05) is 6.92 Å². The Morgan fingerprint density at radius 2 is 2.15 bits per heavy atom. The van der Waals surface area contributed by atoms with Crippen molar-refractivity contribution in [3.63, 3.8) is 0 Å². The zero-order valence-electron chi connectivity index (χ0n) is 7.67. The molecule has 0 aliphatic carbocycles. The monoisotopic (exact) mass is 201 g/mol. The van der Waals surface area contributed by atoms with E-state index in [4.69, 9.17) is 22.1 Å². The molecular weight excluding hydrogens is 190 g/mol. The van der Waals surface area contributed by atoms with Crippen LogP contribution in [0.3, 0.4) is 0 Å². The van der Waals surface area contributed by atoms with Crippen LogP contribution in [0, 0.1) is 6.92 Å². The lowest BCUT2D eigenvalue weighted by atomic mass is 10.2. The summed E-state index contributed by atoms with van der Waals surface area (Å²) in [5.41, 5.74) is 7.13. The van der Waals surface area contributed by atoms with Crippen LogP contribution in [0.5, 0.6) is 0 Å². The number of halogens is 1. The van der Waals surface area contributed by atoms with Crippen molar-refractivity contribution in [3.8, 4) is 0 Å². The van der Waals surface area contributed by atoms with Crippen LogP contribution in [-0.4, -0.2) is 23.7 Å². The van der Waals surface area contributed by atoms with Gasteiger partial charge in [-0.05, 0) is 6.92 Å². The fraction of sp³-hybridized carbons (Fsp3) is 0.500. The zero-order valence-corrected chi connectivity index (χ0v) is 8.43. The summed E-state index contributed by atoms with van der Waals surface area (Å²) in [7, 11) is 1.64. The fourth-order valence-corrected chi connectivity index (χ4v) is 1.39. The van der Waals surface area contributed by atoms with Crippen LogP contribution in [0.1, 0.15) is 11.3 Å². The highest BCUT2D eigenvalue weighted by atomic mass is 35.5. The summed E-state index contributed by atoms with van der Waals surface area (Å²) in [5.74, 6) is 0.212. The topological polar surface area (TPSA) is 61.0 Å². The predicted octanol–water partition coefficient (Wildman–Crippen LogP) is 1.21. The third kappa shape index (κ3) is 2.54. The summed E-state index contributed by atoms with van der Waals surface area (Å²) in [6.07, 6.45) is 0.710. The van der Waals surface area contributed by atoms with Crippen molar-refractivity contribution in [3.05, 3.63) is 16.4 Å². The Hall–Kier alpha value is -0.870. The Balaban J connectivity index is 2.92. The first-order valence-corrected chi connectivity index (χ1v) is 4.30. The number of nitrogen functional groups attached to an aromatic ring is 1. The molecule has 0 unspecified atom stereocenters. The second-order valence-electron chi connectivity index (χ2n) is 2.68. The maximum Gasteiger partial charge on any atom is 0.221 e. The van der Waals surface area contributed by atoms with Crippen LogP contribution in [0.2, 0.25) is 5.15 Å². The van der Waals surface area contributed by atoms with E-state index in [2.05, 4.69) is 9.97 Å². The number of hydrogen-bond donors (Lipinski definition) is 1. The maximum atomic E-state index is 5.88.